The van der Waals surface area contributed by atoms with Gasteiger partial charge in [-0.15, -0.1) is 0 Å². The minimum atomic E-state index is -0.462. The van der Waals surface area contributed by atoms with E-state index in [0.29, 0.717) is 13.1 Å². The Morgan fingerprint density at radius 2 is 2.00 bits per heavy atom. The third-order valence-corrected chi connectivity index (χ3v) is 3.92. The first-order valence-corrected chi connectivity index (χ1v) is 8.84. The summed E-state index contributed by atoms with van der Waals surface area (Å²) in [6.45, 7) is 10.7. The van der Waals surface area contributed by atoms with Gasteiger partial charge in [-0.2, -0.15) is 0 Å². The van der Waals surface area contributed by atoms with Gasteiger partial charge in [0.15, 0.2) is 0 Å². The largest absolute Gasteiger partial charge is 0.444 e. The van der Waals surface area contributed by atoms with Crippen molar-refractivity contribution in [2.24, 2.45) is 0 Å². The van der Waals surface area contributed by atoms with Crippen molar-refractivity contribution >= 4 is 27.8 Å². The van der Waals surface area contributed by atoms with Crippen LogP contribution in [0.1, 0.15) is 39.9 Å². The van der Waals surface area contributed by atoms with E-state index in [4.69, 9.17) is 4.74 Å². The fourth-order valence-corrected chi connectivity index (χ4v) is 2.84. The molecule has 6 nitrogen and oxygen atoms in total. The number of aryl methyl sites for hydroxylation is 1. The molecule has 7 heteroatoms. The summed E-state index contributed by atoms with van der Waals surface area (Å²) in [5.74, 6) is 1.73. The zero-order chi connectivity index (χ0) is 17.0. The molecule has 0 aromatic carbocycles. The number of carbonyl (C=O) groups is 1. The molecule has 0 saturated carbocycles. The minimum Gasteiger partial charge on any atom is -0.444 e. The van der Waals surface area contributed by atoms with Gasteiger partial charge in [0.1, 0.15) is 21.8 Å². The number of ether oxygens (including phenoxy) is 1. The Balaban J connectivity index is 2.04. The van der Waals surface area contributed by atoms with E-state index in [9.17, 15) is 4.79 Å². The van der Waals surface area contributed by atoms with Crippen LogP contribution in [0.4, 0.5) is 10.6 Å². The molecule has 0 radical (unpaired) electrons. The molecule has 128 valence electrons. The van der Waals surface area contributed by atoms with Gasteiger partial charge in [-0.05, 0) is 43.1 Å². The van der Waals surface area contributed by atoms with E-state index in [1.807, 2.05) is 33.8 Å². The first kappa shape index (κ1) is 18.0. The van der Waals surface area contributed by atoms with Crippen LogP contribution in [-0.2, 0) is 11.2 Å². The number of carbonyl (C=O) groups excluding carboxylic acids is 1. The summed E-state index contributed by atoms with van der Waals surface area (Å²) in [4.78, 5) is 25.1. The Labute approximate surface area is 146 Å². The van der Waals surface area contributed by atoms with Gasteiger partial charge < -0.3 is 14.5 Å². The van der Waals surface area contributed by atoms with Gasteiger partial charge in [0.2, 0.25) is 0 Å². The summed E-state index contributed by atoms with van der Waals surface area (Å²) >= 11 is 3.45. The maximum atomic E-state index is 12.2. The Kier molecular flexibility index (Phi) is 5.84. The van der Waals surface area contributed by atoms with Crippen LogP contribution in [0.2, 0.25) is 0 Å². The summed E-state index contributed by atoms with van der Waals surface area (Å²) in [5.41, 5.74) is -0.462. The summed E-state index contributed by atoms with van der Waals surface area (Å²) < 4.78 is 6.26. The van der Waals surface area contributed by atoms with Crippen LogP contribution in [0.25, 0.3) is 0 Å². The predicted molar refractivity (Wildman–Crippen MR) is 93.7 cm³/mol. The number of anilines is 1. The topological polar surface area (TPSA) is 58.6 Å². The fraction of sp³-hybridized carbons (Fsp3) is 0.688. The molecule has 0 atom stereocenters. The van der Waals surface area contributed by atoms with Crippen LogP contribution in [0.5, 0.6) is 0 Å². The van der Waals surface area contributed by atoms with Crippen molar-refractivity contribution in [2.75, 3.05) is 31.1 Å². The van der Waals surface area contributed by atoms with Crippen LogP contribution in [-0.4, -0.2) is 52.7 Å². The average molecular weight is 385 g/mol. The lowest BCUT2D eigenvalue weighted by atomic mass is 10.2. The number of hydrogen-bond donors (Lipinski definition) is 0. The van der Waals surface area contributed by atoms with Gasteiger partial charge in [-0.25, -0.2) is 14.8 Å². The Morgan fingerprint density at radius 3 is 2.65 bits per heavy atom. The molecule has 1 aromatic heterocycles. The lowest BCUT2D eigenvalue weighted by molar-refractivity contribution is 0.0263. The summed E-state index contributed by atoms with van der Waals surface area (Å²) in [7, 11) is 0. The van der Waals surface area contributed by atoms with Gasteiger partial charge in [0.05, 0.1) is 0 Å². The van der Waals surface area contributed by atoms with Crippen molar-refractivity contribution in [3.8, 4) is 0 Å². The highest BCUT2D eigenvalue weighted by atomic mass is 79.9. The molecule has 2 heterocycles. The summed E-state index contributed by atoms with van der Waals surface area (Å²) in [6, 6.07) is 1.93. The van der Waals surface area contributed by atoms with Crippen molar-refractivity contribution < 1.29 is 9.53 Å². The average Bonchev–Trinajstić information content (AvgIpc) is 2.70. The SMILES string of the molecule is CCc1nc(Br)cc(N2CCCN(C(=O)OC(C)(C)C)CC2)n1. The Morgan fingerprint density at radius 1 is 1.26 bits per heavy atom. The number of hydrogen-bond acceptors (Lipinski definition) is 5. The van der Waals surface area contributed by atoms with Crippen LogP contribution in [0, 0.1) is 0 Å². The zero-order valence-electron chi connectivity index (χ0n) is 14.3. The molecule has 1 amide bonds. The van der Waals surface area contributed by atoms with E-state index in [2.05, 4.69) is 30.8 Å². The van der Waals surface area contributed by atoms with E-state index in [-0.39, 0.29) is 6.09 Å². The second-order valence-corrected chi connectivity index (χ2v) is 7.44. The highest BCUT2D eigenvalue weighted by Gasteiger charge is 2.25. The fourth-order valence-electron chi connectivity index (χ4n) is 2.43. The van der Waals surface area contributed by atoms with E-state index < -0.39 is 5.60 Å². The van der Waals surface area contributed by atoms with Gasteiger partial charge in [-0.1, -0.05) is 6.92 Å². The van der Waals surface area contributed by atoms with Gasteiger partial charge in [-0.3, -0.25) is 0 Å². The quantitative estimate of drug-likeness (QED) is 0.732. The third-order valence-electron chi connectivity index (χ3n) is 3.52. The lowest BCUT2D eigenvalue weighted by Gasteiger charge is -2.26. The predicted octanol–water partition coefficient (Wildman–Crippen LogP) is 3.25. The van der Waals surface area contributed by atoms with Gasteiger partial charge in [0.25, 0.3) is 0 Å². The van der Waals surface area contributed by atoms with E-state index in [1.165, 1.54) is 0 Å². The molecule has 2 rings (SSSR count). The summed E-state index contributed by atoms with van der Waals surface area (Å²) in [5, 5.41) is 0. The normalized spacial score (nSPS) is 16.2. The number of nitrogens with zero attached hydrogens (tertiary/aromatic N) is 4. The van der Waals surface area contributed by atoms with Crippen LogP contribution in [0.3, 0.4) is 0 Å². The van der Waals surface area contributed by atoms with E-state index >= 15 is 0 Å². The zero-order valence-corrected chi connectivity index (χ0v) is 15.9. The highest BCUT2D eigenvalue weighted by Crippen LogP contribution is 2.19. The maximum Gasteiger partial charge on any atom is 0.410 e. The van der Waals surface area contributed by atoms with Crippen molar-refractivity contribution in [3.63, 3.8) is 0 Å². The first-order valence-electron chi connectivity index (χ1n) is 8.05. The second-order valence-electron chi connectivity index (χ2n) is 6.63. The van der Waals surface area contributed by atoms with Crippen LogP contribution < -0.4 is 4.90 Å². The van der Waals surface area contributed by atoms with Gasteiger partial charge in [0, 0.05) is 38.7 Å². The Hall–Kier alpha value is -1.37. The number of halogens is 1. The molecule has 0 bridgehead atoms. The smallest absolute Gasteiger partial charge is 0.410 e. The lowest BCUT2D eigenvalue weighted by Crippen LogP contribution is -2.39. The molecule has 0 unspecified atom stereocenters. The first-order chi connectivity index (χ1) is 10.8. The standard InChI is InChI=1S/C16H25BrN4O2/c1-5-13-18-12(17)11-14(19-13)20-7-6-8-21(10-9-20)15(22)23-16(2,3)4/h11H,5-10H2,1-4H3. The van der Waals surface area contributed by atoms with E-state index in [0.717, 1.165) is 42.2 Å². The van der Waals surface area contributed by atoms with Gasteiger partial charge >= 0.3 is 6.09 Å². The van der Waals surface area contributed by atoms with Crippen molar-refractivity contribution in [1.29, 1.82) is 0 Å². The molecule has 1 aromatic rings. The third kappa shape index (κ3) is 5.34. The molecule has 0 N–H and O–H groups in total. The molecular formula is C16H25BrN4O2. The Bertz CT molecular complexity index is 560. The summed E-state index contributed by atoms with van der Waals surface area (Å²) in [6.07, 6.45) is 1.45. The highest BCUT2D eigenvalue weighted by molar-refractivity contribution is 9.10. The molecule has 0 aliphatic carbocycles. The molecule has 1 saturated heterocycles. The monoisotopic (exact) mass is 384 g/mol. The van der Waals surface area contributed by atoms with Crippen molar-refractivity contribution in [3.05, 3.63) is 16.5 Å². The van der Waals surface area contributed by atoms with E-state index in [1.54, 1.807) is 4.90 Å². The molecule has 1 aliphatic heterocycles. The number of rotatable bonds is 2. The van der Waals surface area contributed by atoms with Crippen LogP contribution in [0.15, 0.2) is 10.7 Å². The molecule has 1 fully saturated rings. The van der Waals surface area contributed by atoms with Crippen molar-refractivity contribution in [2.45, 2.75) is 46.1 Å². The number of amides is 1. The second kappa shape index (κ2) is 7.47. The number of aromatic nitrogens is 2. The van der Waals surface area contributed by atoms with Crippen molar-refractivity contribution in [1.82, 2.24) is 14.9 Å². The molecular weight excluding hydrogens is 360 g/mol. The van der Waals surface area contributed by atoms with Crippen LogP contribution >= 0.6 is 15.9 Å². The molecule has 23 heavy (non-hydrogen) atoms. The molecule has 0 spiro atoms. The maximum absolute atomic E-state index is 12.2. The molecule has 1 aliphatic rings. The minimum absolute atomic E-state index is 0.238.